The van der Waals surface area contributed by atoms with E-state index in [9.17, 15) is 22.8 Å². The molecule has 0 bridgehead atoms. The molecule has 1 aromatic heterocycles. The van der Waals surface area contributed by atoms with Crippen molar-refractivity contribution in [2.75, 3.05) is 20.1 Å². The Kier molecular flexibility index (Phi) is 3.36. The van der Waals surface area contributed by atoms with Crippen molar-refractivity contribution in [1.82, 2.24) is 14.5 Å². The number of fused-ring (bicyclic) bond motifs is 1. The maximum absolute atomic E-state index is 12.8. The lowest BCUT2D eigenvalue weighted by molar-refractivity contribution is -0.137. The van der Waals surface area contributed by atoms with Crippen LogP contribution >= 0.6 is 0 Å². The van der Waals surface area contributed by atoms with Gasteiger partial charge in [-0.05, 0) is 38.2 Å². The molecule has 1 aliphatic heterocycles. The van der Waals surface area contributed by atoms with Gasteiger partial charge in [0.2, 0.25) is 0 Å². The molecule has 8 heteroatoms. The number of nitrogens with zero attached hydrogens (tertiary/aromatic N) is 2. The van der Waals surface area contributed by atoms with Crippen LogP contribution in [0.1, 0.15) is 18.0 Å². The second-order valence-electron chi connectivity index (χ2n) is 5.57. The normalized spacial score (nSPS) is 19.9. The predicted octanol–water partition coefficient (Wildman–Crippen LogP) is 1.59. The molecule has 5 nitrogen and oxygen atoms in total. The van der Waals surface area contributed by atoms with Gasteiger partial charge in [-0.25, -0.2) is 4.79 Å². The van der Waals surface area contributed by atoms with Crippen LogP contribution in [0, 0.1) is 0 Å². The minimum Gasteiger partial charge on any atom is -0.307 e. The number of likely N-dealkylation sites (N-methyl/N-ethyl adjacent to an activating group) is 1. The Labute approximate surface area is 123 Å². The van der Waals surface area contributed by atoms with Crippen molar-refractivity contribution in [3.05, 3.63) is 44.6 Å². The molecule has 1 atom stereocenters. The van der Waals surface area contributed by atoms with Crippen molar-refractivity contribution in [2.45, 2.75) is 18.6 Å². The van der Waals surface area contributed by atoms with Crippen LogP contribution in [0.15, 0.2) is 27.8 Å². The zero-order chi connectivity index (χ0) is 16.1. The molecule has 0 spiro atoms. The van der Waals surface area contributed by atoms with Crippen molar-refractivity contribution in [2.24, 2.45) is 0 Å². The van der Waals surface area contributed by atoms with Crippen molar-refractivity contribution < 1.29 is 13.2 Å². The van der Waals surface area contributed by atoms with E-state index in [0.29, 0.717) is 13.0 Å². The maximum Gasteiger partial charge on any atom is 0.416 e. The number of aromatic nitrogens is 2. The Morgan fingerprint density at radius 2 is 2.00 bits per heavy atom. The number of likely N-dealkylation sites (tertiary alicyclic amines) is 1. The van der Waals surface area contributed by atoms with E-state index in [4.69, 9.17) is 0 Å². The van der Waals surface area contributed by atoms with Crippen molar-refractivity contribution in [3.8, 4) is 0 Å². The summed E-state index contributed by atoms with van der Waals surface area (Å²) in [4.78, 5) is 29.0. The Bertz CT molecular complexity index is 838. The molecule has 0 amide bonds. The molecule has 118 valence electrons. The highest BCUT2D eigenvalue weighted by Crippen LogP contribution is 2.30. The van der Waals surface area contributed by atoms with Crippen LogP contribution in [-0.2, 0) is 6.18 Å². The van der Waals surface area contributed by atoms with Crippen LogP contribution in [-0.4, -0.2) is 34.6 Å². The van der Waals surface area contributed by atoms with E-state index in [1.807, 2.05) is 11.9 Å². The van der Waals surface area contributed by atoms with E-state index in [2.05, 4.69) is 4.98 Å². The first-order valence-corrected chi connectivity index (χ1v) is 6.81. The van der Waals surface area contributed by atoms with Gasteiger partial charge in [0.25, 0.3) is 5.56 Å². The van der Waals surface area contributed by atoms with Gasteiger partial charge in [-0.1, -0.05) is 0 Å². The summed E-state index contributed by atoms with van der Waals surface area (Å²) in [5.74, 6) is 0. The molecule has 1 unspecified atom stereocenters. The third-order valence-corrected chi connectivity index (χ3v) is 3.99. The zero-order valence-electron chi connectivity index (χ0n) is 11.8. The first-order chi connectivity index (χ1) is 10.3. The van der Waals surface area contributed by atoms with Crippen molar-refractivity contribution >= 4 is 10.9 Å². The molecule has 1 fully saturated rings. The van der Waals surface area contributed by atoms with Gasteiger partial charge >= 0.3 is 11.9 Å². The number of aromatic amines is 1. The molecule has 1 aromatic carbocycles. The topological polar surface area (TPSA) is 58.1 Å². The standard InChI is InChI=1S/C14H14F3N3O2/c1-19-5-4-9(7-19)20-12(21)10-6-8(14(15,16)17)2-3-11(10)18-13(20)22/h2-3,6,9H,4-5,7H2,1H3,(H,18,22). The summed E-state index contributed by atoms with van der Waals surface area (Å²) >= 11 is 0. The highest BCUT2D eigenvalue weighted by Gasteiger charge is 2.31. The van der Waals surface area contributed by atoms with E-state index in [-0.39, 0.29) is 16.9 Å². The smallest absolute Gasteiger partial charge is 0.307 e. The minimum absolute atomic E-state index is 0.116. The van der Waals surface area contributed by atoms with Gasteiger partial charge in [0.1, 0.15) is 0 Å². The van der Waals surface area contributed by atoms with Gasteiger partial charge < -0.3 is 9.88 Å². The second-order valence-corrected chi connectivity index (χ2v) is 5.57. The second kappa shape index (κ2) is 4.98. The van der Waals surface area contributed by atoms with Gasteiger partial charge in [-0.2, -0.15) is 13.2 Å². The average molecular weight is 313 g/mol. The van der Waals surface area contributed by atoms with Crippen LogP contribution in [0.25, 0.3) is 10.9 Å². The fourth-order valence-corrected chi connectivity index (χ4v) is 2.86. The number of hydrogen-bond acceptors (Lipinski definition) is 3. The summed E-state index contributed by atoms with van der Waals surface area (Å²) in [6.45, 7) is 1.25. The third kappa shape index (κ3) is 2.43. The summed E-state index contributed by atoms with van der Waals surface area (Å²) in [5, 5.41) is -0.121. The van der Waals surface area contributed by atoms with Crippen LogP contribution in [0.3, 0.4) is 0 Å². The van der Waals surface area contributed by atoms with E-state index in [0.717, 1.165) is 29.3 Å². The van der Waals surface area contributed by atoms with Crippen molar-refractivity contribution in [3.63, 3.8) is 0 Å². The number of halogens is 3. The summed E-state index contributed by atoms with van der Waals surface area (Å²) in [5.41, 5.74) is -2.05. The molecular formula is C14H14F3N3O2. The predicted molar refractivity (Wildman–Crippen MR) is 75.0 cm³/mol. The Hall–Kier alpha value is -2.09. The molecule has 2 heterocycles. The molecule has 2 aromatic rings. The molecule has 3 rings (SSSR count). The molecule has 0 aliphatic carbocycles. The fourth-order valence-electron chi connectivity index (χ4n) is 2.86. The number of benzene rings is 1. The van der Waals surface area contributed by atoms with E-state index in [1.165, 1.54) is 0 Å². The maximum atomic E-state index is 12.8. The summed E-state index contributed by atoms with van der Waals surface area (Å²) in [7, 11) is 1.86. The molecule has 0 radical (unpaired) electrons. The molecule has 0 saturated carbocycles. The Balaban J connectivity index is 2.22. The lowest BCUT2D eigenvalue weighted by Crippen LogP contribution is -2.39. The van der Waals surface area contributed by atoms with Crippen LogP contribution in [0.5, 0.6) is 0 Å². The van der Waals surface area contributed by atoms with Gasteiger partial charge in [0, 0.05) is 6.54 Å². The first kappa shape index (κ1) is 14.8. The van der Waals surface area contributed by atoms with Gasteiger partial charge in [0.15, 0.2) is 0 Å². The Morgan fingerprint density at radius 1 is 1.27 bits per heavy atom. The third-order valence-electron chi connectivity index (χ3n) is 3.99. The highest BCUT2D eigenvalue weighted by molar-refractivity contribution is 5.78. The summed E-state index contributed by atoms with van der Waals surface area (Å²) in [6.07, 6.45) is -3.92. The molecule has 22 heavy (non-hydrogen) atoms. The van der Waals surface area contributed by atoms with E-state index < -0.39 is 23.0 Å². The lowest BCUT2D eigenvalue weighted by Gasteiger charge is -2.14. The quantitative estimate of drug-likeness (QED) is 0.870. The Morgan fingerprint density at radius 3 is 2.59 bits per heavy atom. The number of H-pyrrole nitrogens is 1. The minimum atomic E-state index is -4.53. The number of nitrogens with one attached hydrogen (secondary N) is 1. The highest BCUT2D eigenvalue weighted by atomic mass is 19.4. The van der Waals surface area contributed by atoms with Crippen LogP contribution in [0.4, 0.5) is 13.2 Å². The fraction of sp³-hybridized carbons (Fsp3) is 0.429. The SMILES string of the molecule is CN1CCC(n2c(=O)[nH]c3ccc(C(F)(F)F)cc3c2=O)C1. The molecule has 1 aliphatic rings. The summed E-state index contributed by atoms with van der Waals surface area (Å²) in [6, 6.07) is 2.44. The van der Waals surface area contributed by atoms with E-state index in [1.54, 1.807) is 0 Å². The van der Waals surface area contributed by atoms with Crippen molar-refractivity contribution in [1.29, 1.82) is 0 Å². The largest absolute Gasteiger partial charge is 0.416 e. The number of rotatable bonds is 1. The molecule has 1 N–H and O–H groups in total. The molecular weight excluding hydrogens is 299 g/mol. The van der Waals surface area contributed by atoms with Crippen LogP contribution < -0.4 is 11.2 Å². The first-order valence-electron chi connectivity index (χ1n) is 6.81. The number of alkyl halides is 3. The van der Waals surface area contributed by atoms with Gasteiger partial charge in [-0.15, -0.1) is 0 Å². The van der Waals surface area contributed by atoms with Crippen LogP contribution in [0.2, 0.25) is 0 Å². The number of hydrogen-bond donors (Lipinski definition) is 1. The van der Waals surface area contributed by atoms with E-state index >= 15 is 0 Å². The van der Waals surface area contributed by atoms with Gasteiger partial charge in [-0.3, -0.25) is 9.36 Å². The molecule has 1 saturated heterocycles. The average Bonchev–Trinajstić information content (AvgIpc) is 2.83. The van der Waals surface area contributed by atoms with Gasteiger partial charge in [0.05, 0.1) is 22.5 Å². The monoisotopic (exact) mass is 313 g/mol. The summed E-state index contributed by atoms with van der Waals surface area (Å²) < 4.78 is 39.4. The lowest BCUT2D eigenvalue weighted by atomic mass is 10.1. The zero-order valence-corrected chi connectivity index (χ0v) is 11.8.